The Bertz CT molecular complexity index is 576. The van der Waals surface area contributed by atoms with Crippen LogP contribution in [0.15, 0.2) is 23.1 Å². The quantitative estimate of drug-likeness (QED) is 0.773. The molecule has 21 heavy (non-hydrogen) atoms. The first-order valence-electron chi connectivity index (χ1n) is 7.22. The summed E-state index contributed by atoms with van der Waals surface area (Å²) in [7, 11) is 0. The number of carbonyl (C=O) groups excluding carboxylic acids is 2. The number of hydrogen-bond donors (Lipinski definition) is 3. The van der Waals surface area contributed by atoms with Crippen molar-refractivity contribution in [3.05, 3.63) is 23.8 Å². The van der Waals surface area contributed by atoms with E-state index in [0.717, 1.165) is 30.1 Å². The molecule has 5 nitrogen and oxygen atoms in total. The molecule has 0 bridgehead atoms. The molecule has 3 N–H and O–H groups in total. The van der Waals surface area contributed by atoms with Gasteiger partial charge in [-0.2, -0.15) is 0 Å². The molecule has 2 amide bonds. The molecule has 1 fully saturated rings. The summed E-state index contributed by atoms with van der Waals surface area (Å²) in [5, 5.41) is 9.24. The maximum atomic E-state index is 12.4. The zero-order chi connectivity index (χ0) is 14.8. The van der Waals surface area contributed by atoms with Gasteiger partial charge in [0.2, 0.25) is 5.91 Å². The van der Waals surface area contributed by atoms with Crippen molar-refractivity contribution in [2.75, 3.05) is 24.2 Å². The van der Waals surface area contributed by atoms with E-state index in [1.165, 1.54) is 11.8 Å². The minimum atomic E-state index is -0.0682. The lowest BCUT2D eigenvalue weighted by Gasteiger charge is -2.30. The van der Waals surface area contributed by atoms with E-state index in [1.807, 2.05) is 12.1 Å². The van der Waals surface area contributed by atoms with E-state index in [0.29, 0.717) is 17.2 Å². The van der Waals surface area contributed by atoms with Crippen molar-refractivity contribution in [1.29, 1.82) is 0 Å². The first kappa shape index (κ1) is 14.4. The molecule has 2 aliphatic heterocycles. The van der Waals surface area contributed by atoms with Crippen LogP contribution in [0.2, 0.25) is 0 Å². The Balaban J connectivity index is 1.72. The SMILES string of the molecule is CC1CNCCC1NC(=O)c1ccc2c(c1)NC(=O)CS2. The molecule has 2 aliphatic rings. The Morgan fingerprint density at radius 2 is 2.29 bits per heavy atom. The van der Waals surface area contributed by atoms with Gasteiger partial charge in [-0.3, -0.25) is 9.59 Å². The standard InChI is InChI=1S/C15H19N3O2S/c1-9-7-16-5-4-11(9)18-15(20)10-2-3-13-12(6-10)17-14(19)8-21-13/h2-3,6,9,11,16H,4-5,7-8H2,1H3,(H,17,19)(H,18,20). The van der Waals surface area contributed by atoms with Crippen molar-refractivity contribution in [3.8, 4) is 0 Å². The third-order valence-electron chi connectivity index (χ3n) is 3.98. The monoisotopic (exact) mass is 305 g/mol. The summed E-state index contributed by atoms with van der Waals surface area (Å²) in [5.41, 5.74) is 1.34. The molecule has 2 unspecified atom stereocenters. The number of piperidine rings is 1. The average molecular weight is 305 g/mol. The van der Waals surface area contributed by atoms with Crippen LogP contribution in [0.5, 0.6) is 0 Å². The van der Waals surface area contributed by atoms with Gasteiger partial charge < -0.3 is 16.0 Å². The molecule has 0 saturated carbocycles. The lowest BCUT2D eigenvalue weighted by atomic mass is 9.95. The molecule has 0 aliphatic carbocycles. The second-order valence-electron chi connectivity index (χ2n) is 5.60. The zero-order valence-electron chi connectivity index (χ0n) is 11.9. The fourth-order valence-corrected chi connectivity index (χ4v) is 3.49. The fraction of sp³-hybridized carbons (Fsp3) is 0.467. The number of fused-ring (bicyclic) bond motifs is 1. The minimum Gasteiger partial charge on any atom is -0.349 e. The van der Waals surface area contributed by atoms with E-state index in [-0.39, 0.29) is 17.9 Å². The van der Waals surface area contributed by atoms with E-state index in [9.17, 15) is 9.59 Å². The van der Waals surface area contributed by atoms with Gasteiger partial charge in [-0.25, -0.2) is 0 Å². The van der Waals surface area contributed by atoms with Crippen molar-refractivity contribution in [2.45, 2.75) is 24.3 Å². The number of amides is 2. The molecule has 6 heteroatoms. The highest BCUT2D eigenvalue weighted by molar-refractivity contribution is 8.00. The second kappa shape index (κ2) is 6.07. The van der Waals surface area contributed by atoms with Gasteiger partial charge in [0, 0.05) is 16.5 Å². The van der Waals surface area contributed by atoms with Crippen molar-refractivity contribution < 1.29 is 9.59 Å². The molecule has 2 heterocycles. The van der Waals surface area contributed by atoms with Gasteiger partial charge in [-0.15, -0.1) is 11.8 Å². The number of thioether (sulfide) groups is 1. The summed E-state index contributed by atoms with van der Waals surface area (Å²) in [6, 6.07) is 5.70. The molecule has 1 aromatic rings. The van der Waals surface area contributed by atoms with Crippen LogP contribution < -0.4 is 16.0 Å². The van der Waals surface area contributed by atoms with Gasteiger partial charge in [0.25, 0.3) is 5.91 Å². The van der Waals surface area contributed by atoms with Gasteiger partial charge in [0.1, 0.15) is 0 Å². The molecule has 3 rings (SSSR count). The van der Waals surface area contributed by atoms with E-state index >= 15 is 0 Å². The average Bonchev–Trinajstić information content (AvgIpc) is 2.48. The maximum absolute atomic E-state index is 12.4. The van der Waals surface area contributed by atoms with Gasteiger partial charge in [0.15, 0.2) is 0 Å². The maximum Gasteiger partial charge on any atom is 0.251 e. The Kier molecular flexibility index (Phi) is 4.17. The Hall–Kier alpha value is -1.53. The van der Waals surface area contributed by atoms with Crippen molar-refractivity contribution in [3.63, 3.8) is 0 Å². The number of carbonyl (C=O) groups is 2. The van der Waals surface area contributed by atoms with Crippen LogP contribution in [-0.2, 0) is 4.79 Å². The van der Waals surface area contributed by atoms with E-state index in [1.54, 1.807) is 6.07 Å². The third kappa shape index (κ3) is 3.22. The van der Waals surface area contributed by atoms with Crippen LogP contribution in [0.25, 0.3) is 0 Å². The lowest BCUT2D eigenvalue weighted by molar-refractivity contribution is -0.113. The number of hydrogen-bond acceptors (Lipinski definition) is 4. The molecule has 0 spiro atoms. The summed E-state index contributed by atoms with van der Waals surface area (Å²) in [5.74, 6) is 0.777. The van der Waals surface area contributed by atoms with Gasteiger partial charge in [-0.1, -0.05) is 6.92 Å². The summed E-state index contributed by atoms with van der Waals surface area (Å²) in [6.07, 6.45) is 0.949. The molecule has 1 saturated heterocycles. The smallest absolute Gasteiger partial charge is 0.251 e. The highest BCUT2D eigenvalue weighted by Crippen LogP contribution is 2.32. The van der Waals surface area contributed by atoms with E-state index in [2.05, 4.69) is 22.9 Å². The van der Waals surface area contributed by atoms with Crippen molar-refractivity contribution >= 4 is 29.3 Å². The lowest BCUT2D eigenvalue weighted by Crippen LogP contribution is -2.48. The highest BCUT2D eigenvalue weighted by Gasteiger charge is 2.24. The van der Waals surface area contributed by atoms with Crippen LogP contribution in [0.4, 0.5) is 5.69 Å². The van der Waals surface area contributed by atoms with Crippen LogP contribution in [0.1, 0.15) is 23.7 Å². The molecule has 0 aromatic heterocycles. The largest absolute Gasteiger partial charge is 0.349 e. The predicted octanol–water partition coefficient (Wildman–Crippen LogP) is 1.46. The van der Waals surface area contributed by atoms with E-state index in [4.69, 9.17) is 0 Å². The fourth-order valence-electron chi connectivity index (χ4n) is 2.70. The van der Waals surface area contributed by atoms with Gasteiger partial charge >= 0.3 is 0 Å². The summed E-state index contributed by atoms with van der Waals surface area (Å²) >= 11 is 1.50. The van der Waals surface area contributed by atoms with Gasteiger partial charge in [0.05, 0.1) is 11.4 Å². The van der Waals surface area contributed by atoms with Crippen LogP contribution in [-0.4, -0.2) is 36.7 Å². The number of nitrogens with one attached hydrogen (secondary N) is 3. The molecule has 2 atom stereocenters. The van der Waals surface area contributed by atoms with Crippen LogP contribution in [0.3, 0.4) is 0 Å². The normalized spacial score (nSPS) is 24.9. The Labute approximate surface area is 128 Å². The van der Waals surface area contributed by atoms with Crippen LogP contribution >= 0.6 is 11.8 Å². The first-order valence-corrected chi connectivity index (χ1v) is 8.20. The van der Waals surface area contributed by atoms with Crippen molar-refractivity contribution in [2.24, 2.45) is 5.92 Å². The molecule has 1 aromatic carbocycles. The summed E-state index contributed by atoms with van der Waals surface area (Å²) < 4.78 is 0. The van der Waals surface area contributed by atoms with Crippen LogP contribution in [0, 0.1) is 5.92 Å². The third-order valence-corrected chi connectivity index (χ3v) is 5.05. The summed E-state index contributed by atoms with van der Waals surface area (Å²) in [6.45, 7) is 4.01. The Morgan fingerprint density at radius 3 is 3.10 bits per heavy atom. The van der Waals surface area contributed by atoms with Gasteiger partial charge in [-0.05, 0) is 43.6 Å². The predicted molar refractivity (Wildman–Crippen MR) is 83.7 cm³/mol. The second-order valence-corrected chi connectivity index (χ2v) is 6.62. The zero-order valence-corrected chi connectivity index (χ0v) is 12.8. The summed E-state index contributed by atoms with van der Waals surface area (Å²) in [4.78, 5) is 24.8. The van der Waals surface area contributed by atoms with E-state index < -0.39 is 0 Å². The Morgan fingerprint density at radius 1 is 1.43 bits per heavy atom. The topological polar surface area (TPSA) is 70.2 Å². The molecule has 112 valence electrons. The molecule has 0 radical (unpaired) electrons. The minimum absolute atomic E-state index is 0.0166. The number of rotatable bonds is 2. The molecular formula is C15H19N3O2S. The van der Waals surface area contributed by atoms with Crippen molar-refractivity contribution in [1.82, 2.24) is 10.6 Å². The number of benzene rings is 1. The number of anilines is 1. The first-order chi connectivity index (χ1) is 10.1. The highest BCUT2D eigenvalue weighted by atomic mass is 32.2. The molecular weight excluding hydrogens is 286 g/mol.